The van der Waals surface area contributed by atoms with Crippen molar-refractivity contribution < 1.29 is 14.4 Å². The third kappa shape index (κ3) is 10.3. The minimum atomic E-state index is -0.0740. The van der Waals surface area contributed by atoms with Gasteiger partial charge in [0.15, 0.2) is 11.6 Å². The Bertz CT molecular complexity index is 506. The van der Waals surface area contributed by atoms with E-state index < -0.39 is 0 Å². The van der Waals surface area contributed by atoms with Gasteiger partial charge in [0, 0.05) is 25.8 Å². The summed E-state index contributed by atoms with van der Waals surface area (Å²) < 4.78 is 0. The summed E-state index contributed by atoms with van der Waals surface area (Å²) in [5.41, 5.74) is 0.343. The lowest BCUT2D eigenvalue weighted by Gasteiger charge is -2.07. The largest absolute Gasteiger partial charge is 0.356 e. The summed E-state index contributed by atoms with van der Waals surface area (Å²) in [5.74, 6) is 0.0110. The molecule has 146 valence electrons. The van der Waals surface area contributed by atoms with Crippen molar-refractivity contribution >= 4 is 17.5 Å². The fraction of sp³-hybridized carbons (Fsp3) is 0.682. The van der Waals surface area contributed by atoms with E-state index >= 15 is 0 Å². The molecular weight excluding hydrogens is 326 g/mol. The predicted molar refractivity (Wildman–Crippen MR) is 106 cm³/mol. The van der Waals surface area contributed by atoms with Gasteiger partial charge >= 0.3 is 0 Å². The van der Waals surface area contributed by atoms with Crippen LogP contribution in [0.3, 0.4) is 0 Å². The van der Waals surface area contributed by atoms with E-state index in [4.69, 9.17) is 0 Å². The molecule has 0 fully saturated rings. The molecule has 1 aliphatic carbocycles. The summed E-state index contributed by atoms with van der Waals surface area (Å²) in [7, 11) is 0. The number of nitrogens with one attached hydrogen (secondary N) is 1. The van der Waals surface area contributed by atoms with Gasteiger partial charge in [-0.15, -0.1) is 0 Å². The van der Waals surface area contributed by atoms with Crippen molar-refractivity contribution in [3.8, 4) is 0 Å². The molecule has 0 saturated carbocycles. The zero-order valence-electron chi connectivity index (χ0n) is 16.4. The summed E-state index contributed by atoms with van der Waals surface area (Å²) >= 11 is 0. The Balaban J connectivity index is 1.94. The number of amides is 1. The van der Waals surface area contributed by atoms with Gasteiger partial charge in [-0.2, -0.15) is 0 Å². The number of ketones is 2. The molecule has 0 bridgehead atoms. The molecule has 0 unspecified atom stereocenters. The van der Waals surface area contributed by atoms with Crippen molar-refractivity contribution in [3.63, 3.8) is 0 Å². The number of rotatable bonds is 15. The molecule has 1 amide bonds. The monoisotopic (exact) mass is 361 g/mol. The number of allylic oxidation sites excluding steroid dienone is 4. The van der Waals surface area contributed by atoms with Crippen LogP contribution in [0, 0.1) is 0 Å². The maximum atomic E-state index is 12.0. The normalized spacial score (nSPS) is 13.6. The lowest BCUT2D eigenvalue weighted by atomic mass is 9.96. The second kappa shape index (κ2) is 14.5. The highest BCUT2D eigenvalue weighted by Crippen LogP contribution is 2.13. The second-order valence-electron chi connectivity index (χ2n) is 7.09. The summed E-state index contributed by atoms with van der Waals surface area (Å²) in [6, 6.07) is 0. The molecule has 0 aromatic heterocycles. The molecule has 1 aliphatic rings. The SMILES string of the molecule is CCCCCCCCCC(=O)NCCCCCC(=O)C1=CC=CCC1=O. The second-order valence-corrected chi connectivity index (χ2v) is 7.09. The van der Waals surface area contributed by atoms with E-state index in [2.05, 4.69) is 12.2 Å². The number of hydrogen-bond acceptors (Lipinski definition) is 3. The maximum Gasteiger partial charge on any atom is 0.219 e. The van der Waals surface area contributed by atoms with Crippen molar-refractivity contribution in [1.29, 1.82) is 0 Å². The molecule has 0 radical (unpaired) electrons. The van der Waals surface area contributed by atoms with E-state index in [1.165, 1.54) is 32.1 Å². The quantitative estimate of drug-likeness (QED) is 0.336. The van der Waals surface area contributed by atoms with Gasteiger partial charge in [-0.1, -0.05) is 64.0 Å². The van der Waals surface area contributed by atoms with E-state index in [1.807, 2.05) is 0 Å². The molecule has 0 aromatic rings. The topological polar surface area (TPSA) is 63.2 Å². The van der Waals surface area contributed by atoms with E-state index in [0.717, 1.165) is 32.1 Å². The van der Waals surface area contributed by atoms with Crippen LogP contribution in [-0.4, -0.2) is 24.0 Å². The number of hydrogen-bond donors (Lipinski definition) is 1. The Morgan fingerprint density at radius 2 is 1.58 bits per heavy atom. The maximum absolute atomic E-state index is 12.0. The van der Waals surface area contributed by atoms with Gasteiger partial charge < -0.3 is 5.32 Å². The van der Waals surface area contributed by atoms with Crippen LogP contribution in [-0.2, 0) is 14.4 Å². The molecular formula is C22H35NO3. The summed E-state index contributed by atoms with van der Waals surface area (Å²) in [6.07, 6.45) is 17.6. The first-order valence-corrected chi connectivity index (χ1v) is 10.3. The van der Waals surface area contributed by atoms with Crippen molar-refractivity contribution in [2.24, 2.45) is 0 Å². The minimum Gasteiger partial charge on any atom is -0.356 e. The molecule has 1 rings (SSSR count). The number of Topliss-reactive ketones (excluding diaryl/α,β-unsaturated/α-hetero) is 2. The van der Waals surface area contributed by atoms with Crippen LogP contribution in [0.5, 0.6) is 0 Å². The van der Waals surface area contributed by atoms with Crippen LogP contribution >= 0.6 is 0 Å². The van der Waals surface area contributed by atoms with Crippen LogP contribution in [0.15, 0.2) is 23.8 Å². The van der Waals surface area contributed by atoms with E-state index in [9.17, 15) is 14.4 Å². The molecule has 4 nitrogen and oxygen atoms in total. The lowest BCUT2D eigenvalue weighted by Crippen LogP contribution is -2.24. The smallest absolute Gasteiger partial charge is 0.219 e. The lowest BCUT2D eigenvalue weighted by molar-refractivity contribution is -0.122. The average molecular weight is 362 g/mol. The Morgan fingerprint density at radius 1 is 0.923 bits per heavy atom. The Labute approximate surface area is 158 Å². The van der Waals surface area contributed by atoms with Gasteiger partial charge in [0.1, 0.15) is 0 Å². The Morgan fingerprint density at radius 3 is 2.31 bits per heavy atom. The predicted octanol–water partition coefficient (Wildman–Crippen LogP) is 4.83. The Kier molecular flexibility index (Phi) is 12.4. The first-order valence-electron chi connectivity index (χ1n) is 10.3. The molecule has 0 saturated heterocycles. The minimum absolute atomic E-state index is 0.0534. The van der Waals surface area contributed by atoms with Gasteiger partial charge in [-0.05, 0) is 25.3 Å². The van der Waals surface area contributed by atoms with Gasteiger partial charge in [-0.25, -0.2) is 0 Å². The van der Waals surface area contributed by atoms with Crippen molar-refractivity contribution in [2.75, 3.05) is 6.54 Å². The standard InChI is InChI=1S/C22H35NO3/c1-2-3-4-5-6-7-10-17-22(26)23-18-13-8-9-15-20(24)19-14-11-12-16-21(19)25/h11-12,14H,2-10,13,15-18H2,1H3,(H,23,26). The zero-order valence-corrected chi connectivity index (χ0v) is 16.4. The third-order valence-corrected chi connectivity index (χ3v) is 4.71. The molecule has 0 atom stereocenters. The molecule has 0 aliphatic heterocycles. The fourth-order valence-corrected chi connectivity index (χ4v) is 3.07. The van der Waals surface area contributed by atoms with Crippen molar-refractivity contribution in [3.05, 3.63) is 23.8 Å². The number of unbranched alkanes of at least 4 members (excludes halogenated alkanes) is 8. The Hall–Kier alpha value is -1.71. The van der Waals surface area contributed by atoms with Crippen molar-refractivity contribution in [2.45, 2.75) is 90.4 Å². The first kappa shape index (κ1) is 22.3. The van der Waals surface area contributed by atoms with Crippen LogP contribution < -0.4 is 5.32 Å². The van der Waals surface area contributed by atoms with Gasteiger partial charge in [0.2, 0.25) is 5.91 Å². The van der Waals surface area contributed by atoms with E-state index in [-0.39, 0.29) is 17.5 Å². The molecule has 0 aromatic carbocycles. The van der Waals surface area contributed by atoms with Gasteiger partial charge in [0.25, 0.3) is 0 Å². The van der Waals surface area contributed by atoms with Crippen LogP contribution in [0.1, 0.15) is 90.4 Å². The fourth-order valence-electron chi connectivity index (χ4n) is 3.07. The summed E-state index contributed by atoms with van der Waals surface area (Å²) in [4.78, 5) is 35.4. The number of carbonyl (C=O) groups excluding carboxylic acids is 3. The van der Waals surface area contributed by atoms with Crippen LogP contribution in [0.25, 0.3) is 0 Å². The summed E-state index contributed by atoms with van der Waals surface area (Å²) in [6.45, 7) is 2.89. The third-order valence-electron chi connectivity index (χ3n) is 4.71. The highest BCUT2D eigenvalue weighted by Gasteiger charge is 2.17. The van der Waals surface area contributed by atoms with E-state index in [1.54, 1.807) is 18.2 Å². The molecule has 0 spiro atoms. The van der Waals surface area contributed by atoms with Gasteiger partial charge in [0.05, 0.1) is 5.57 Å². The highest BCUT2D eigenvalue weighted by molar-refractivity contribution is 6.21. The summed E-state index contributed by atoms with van der Waals surface area (Å²) in [5, 5.41) is 2.95. The zero-order chi connectivity index (χ0) is 19.0. The van der Waals surface area contributed by atoms with Crippen molar-refractivity contribution in [1.82, 2.24) is 5.32 Å². The molecule has 4 heteroatoms. The van der Waals surface area contributed by atoms with E-state index in [0.29, 0.717) is 31.4 Å². The van der Waals surface area contributed by atoms with Gasteiger partial charge in [-0.3, -0.25) is 14.4 Å². The first-order chi connectivity index (χ1) is 12.6. The van der Waals surface area contributed by atoms with Crippen LogP contribution in [0.2, 0.25) is 0 Å². The molecule has 0 heterocycles. The average Bonchev–Trinajstić information content (AvgIpc) is 2.64. The number of carbonyl (C=O) groups is 3. The highest BCUT2D eigenvalue weighted by atomic mass is 16.2. The molecule has 1 N–H and O–H groups in total. The van der Waals surface area contributed by atoms with Crippen LogP contribution in [0.4, 0.5) is 0 Å². The molecule has 26 heavy (non-hydrogen) atoms.